The number of aryl methyl sites for hydroxylation is 1. The van der Waals surface area contributed by atoms with Gasteiger partial charge in [0.25, 0.3) is 5.56 Å². The lowest BCUT2D eigenvalue weighted by atomic mass is 10.2. The normalized spacial score (nSPS) is 12.4. The van der Waals surface area contributed by atoms with Crippen molar-refractivity contribution in [1.82, 2.24) is 4.57 Å². The van der Waals surface area contributed by atoms with Gasteiger partial charge in [-0.2, -0.15) is 0 Å². The predicted molar refractivity (Wildman–Crippen MR) is 52.4 cm³/mol. The molecule has 1 aromatic rings. The highest BCUT2D eigenvalue weighted by molar-refractivity contribution is 5.71. The number of hydrogen-bond acceptors (Lipinski definition) is 2. The summed E-state index contributed by atoms with van der Waals surface area (Å²) in [6.45, 7) is 3.48. The van der Waals surface area contributed by atoms with E-state index in [1.54, 1.807) is 26.0 Å². The van der Waals surface area contributed by atoms with Crippen LogP contribution in [0.15, 0.2) is 23.0 Å². The summed E-state index contributed by atoms with van der Waals surface area (Å²) in [4.78, 5) is 22.3. The molecule has 0 aromatic carbocycles. The molecule has 14 heavy (non-hydrogen) atoms. The lowest BCUT2D eigenvalue weighted by Crippen LogP contribution is -2.30. The van der Waals surface area contributed by atoms with Gasteiger partial charge in [0.1, 0.15) is 6.04 Å². The van der Waals surface area contributed by atoms with E-state index >= 15 is 0 Å². The smallest absolute Gasteiger partial charge is 0.326 e. The fourth-order valence-electron chi connectivity index (χ4n) is 1.47. The summed E-state index contributed by atoms with van der Waals surface area (Å²) in [6.07, 6.45) is 0.403. The maximum Gasteiger partial charge on any atom is 0.326 e. The molecule has 0 aliphatic heterocycles. The second-order valence-corrected chi connectivity index (χ2v) is 3.14. The Morgan fingerprint density at radius 2 is 2.21 bits per heavy atom. The van der Waals surface area contributed by atoms with Gasteiger partial charge in [0, 0.05) is 11.8 Å². The molecular weight excluding hydrogens is 182 g/mol. The van der Waals surface area contributed by atoms with Crippen LogP contribution in [0.1, 0.15) is 25.1 Å². The van der Waals surface area contributed by atoms with Crippen LogP contribution in [0, 0.1) is 6.92 Å². The van der Waals surface area contributed by atoms with Crippen molar-refractivity contribution in [2.75, 3.05) is 0 Å². The number of carboxylic acids is 1. The minimum atomic E-state index is -0.969. The zero-order valence-electron chi connectivity index (χ0n) is 8.23. The molecule has 4 nitrogen and oxygen atoms in total. The SMILES string of the molecule is CCC(C(=O)O)n1c(C)cccc1=O. The summed E-state index contributed by atoms with van der Waals surface area (Å²) in [6, 6.07) is 3.97. The maximum absolute atomic E-state index is 11.4. The Balaban J connectivity index is 3.29. The van der Waals surface area contributed by atoms with Crippen LogP contribution in [-0.2, 0) is 4.79 Å². The van der Waals surface area contributed by atoms with Gasteiger partial charge in [-0.15, -0.1) is 0 Å². The molecule has 4 heteroatoms. The van der Waals surface area contributed by atoms with E-state index in [2.05, 4.69) is 0 Å². The molecule has 1 heterocycles. The Morgan fingerprint density at radius 3 is 2.64 bits per heavy atom. The Kier molecular flexibility index (Phi) is 3.06. The first-order valence-corrected chi connectivity index (χ1v) is 4.49. The molecular formula is C10H13NO3. The molecule has 1 rings (SSSR count). The van der Waals surface area contributed by atoms with Crippen molar-refractivity contribution >= 4 is 5.97 Å². The van der Waals surface area contributed by atoms with E-state index in [-0.39, 0.29) is 5.56 Å². The minimum Gasteiger partial charge on any atom is -0.480 e. The van der Waals surface area contributed by atoms with Crippen LogP contribution in [0.2, 0.25) is 0 Å². The number of carboxylic acid groups (broad SMARTS) is 1. The van der Waals surface area contributed by atoms with E-state index in [0.29, 0.717) is 12.1 Å². The monoisotopic (exact) mass is 195 g/mol. The molecule has 0 bridgehead atoms. The molecule has 0 aliphatic rings. The van der Waals surface area contributed by atoms with Gasteiger partial charge in [-0.1, -0.05) is 13.0 Å². The summed E-state index contributed by atoms with van der Waals surface area (Å²) in [5, 5.41) is 8.92. The van der Waals surface area contributed by atoms with Crippen molar-refractivity contribution in [3.8, 4) is 0 Å². The molecule has 0 saturated heterocycles. The van der Waals surface area contributed by atoms with Crippen LogP contribution in [0.25, 0.3) is 0 Å². The van der Waals surface area contributed by atoms with E-state index in [1.807, 2.05) is 0 Å². The summed E-state index contributed by atoms with van der Waals surface area (Å²) >= 11 is 0. The number of pyridine rings is 1. The highest BCUT2D eigenvalue weighted by atomic mass is 16.4. The molecule has 0 saturated carbocycles. The summed E-state index contributed by atoms with van der Waals surface area (Å²) in [5.41, 5.74) is 0.408. The Bertz CT molecular complexity index is 395. The average molecular weight is 195 g/mol. The topological polar surface area (TPSA) is 59.3 Å². The van der Waals surface area contributed by atoms with Crippen molar-refractivity contribution < 1.29 is 9.90 Å². The number of carbonyl (C=O) groups is 1. The van der Waals surface area contributed by atoms with Crippen molar-refractivity contribution in [2.45, 2.75) is 26.3 Å². The third-order valence-electron chi connectivity index (χ3n) is 2.18. The van der Waals surface area contributed by atoms with Crippen LogP contribution in [0.4, 0.5) is 0 Å². The van der Waals surface area contributed by atoms with E-state index in [1.165, 1.54) is 10.6 Å². The van der Waals surface area contributed by atoms with Crippen molar-refractivity contribution in [1.29, 1.82) is 0 Å². The lowest BCUT2D eigenvalue weighted by molar-refractivity contribution is -0.141. The molecule has 1 aromatic heterocycles. The Morgan fingerprint density at radius 1 is 1.57 bits per heavy atom. The van der Waals surface area contributed by atoms with E-state index < -0.39 is 12.0 Å². The predicted octanol–water partition coefficient (Wildman–Crippen LogP) is 1.19. The largest absolute Gasteiger partial charge is 0.480 e. The molecule has 0 amide bonds. The van der Waals surface area contributed by atoms with Gasteiger partial charge >= 0.3 is 5.97 Å². The second kappa shape index (κ2) is 4.09. The van der Waals surface area contributed by atoms with Crippen LogP contribution in [0.3, 0.4) is 0 Å². The van der Waals surface area contributed by atoms with Crippen molar-refractivity contribution in [3.05, 3.63) is 34.2 Å². The van der Waals surface area contributed by atoms with Gasteiger partial charge in [0.05, 0.1) is 0 Å². The van der Waals surface area contributed by atoms with Gasteiger partial charge in [0.15, 0.2) is 0 Å². The second-order valence-electron chi connectivity index (χ2n) is 3.14. The zero-order chi connectivity index (χ0) is 10.7. The highest BCUT2D eigenvalue weighted by Crippen LogP contribution is 2.10. The highest BCUT2D eigenvalue weighted by Gasteiger charge is 2.19. The van der Waals surface area contributed by atoms with Crippen LogP contribution in [0.5, 0.6) is 0 Å². The average Bonchev–Trinajstić information content (AvgIpc) is 2.10. The lowest BCUT2D eigenvalue weighted by Gasteiger charge is -2.15. The van der Waals surface area contributed by atoms with Crippen molar-refractivity contribution in [2.24, 2.45) is 0 Å². The molecule has 1 N–H and O–H groups in total. The number of aromatic nitrogens is 1. The quantitative estimate of drug-likeness (QED) is 0.788. The van der Waals surface area contributed by atoms with Crippen LogP contribution in [-0.4, -0.2) is 15.6 Å². The summed E-state index contributed by atoms with van der Waals surface area (Å²) in [5.74, 6) is -0.969. The molecule has 1 unspecified atom stereocenters. The van der Waals surface area contributed by atoms with Crippen LogP contribution < -0.4 is 5.56 Å². The van der Waals surface area contributed by atoms with E-state index in [0.717, 1.165) is 0 Å². The fraction of sp³-hybridized carbons (Fsp3) is 0.400. The van der Waals surface area contributed by atoms with Crippen molar-refractivity contribution in [3.63, 3.8) is 0 Å². The third-order valence-corrected chi connectivity index (χ3v) is 2.18. The number of rotatable bonds is 3. The first-order chi connectivity index (χ1) is 6.57. The summed E-state index contributed by atoms with van der Waals surface area (Å²) < 4.78 is 1.31. The first-order valence-electron chi connectivity index (χ1n) is 4.49. The van der Waals surface area contributed by atoms with Crippen LogP contribution >= 0.6 is 0 Å². The molecule has 0 aliphatic carbocycles. The first kappa shape index (κ1) is 10.5. The van der Waals surface area contributed by atoms with Gasteiger partial charge in [-0.3, -0.25) is 9.36 Å². The third kappa shape index (κ3) is 1.84. The van der Waals surface area contributed by atoms with E-state index in [4.69, 9.17) is 5.11 Å². The molecule has 0 fully saturated rings. The standard InChI is InChI=1S/C10H13NO3/c1-3-8(10(13)14)11-7(2)5-4-6-9(11)12/h4-6,8H,3H2,1-2H3,(H,13,14). The van der Waals surface area contributed by atoms with Gasteiger partial charge < -0.3 is 5.11 Å². The Labute approximate surface area is 81.8 Å². The van der Waals surface area contributed by atoms with Gasteiger partial charge in [-0.25, -0.2) is 4.79 Å². The molecule has 0 radical (unpaired) electrons. The molecule has 76 valence electrons. The number of hydrogen-bond donors (Lipinski definition) is 1. The minimum absolute atomic E-state index is 0.265. The zero-order valence-corrected chi connectivity index (χ0v) is 8.23. The number of nitrogens with zero attached hydrogens (tertiary/aromatic N) is 1. The fourth-order valence-corrected chi connectivity index (χ4v) is 1.47. The van der Waals surface area contributed by atoms with Gasteiger partial charge in [-0.05, 0) is 19.4 Å². The Hall–Kier alpha value is -1.58. The molecule has 1 atom stereocenters. The number of aliphatic carboxylic acids is 1. The van der Waals surface area contributed by atoms with E-state index in [9.17, 15) is 9.59 Å². The summed E-state index contributed by atoms with van der Waals surface area (Å²) in [7, 11) is 0. The molecule has 0 spiro atoms. The maximum atomic E-state index is 11.4. The van der Waals surface area contributed by atoms with Gasteiger partial charge in [0.2, 0.25) is 0 Å².